The summed E-state index contributed by atoms with van der Waals surface area (Å²) >= 11 is 0. The number of rotatable bonds is 4. The van der Waals surface area contributed by atoms with Gasteiger partial charge in [-0.05, 0) is 54.3 Å². The molecule has 0 atom stereocenters. The van der Waals surface area contributed by atoms with E-state index in [1.54, 1.807) is 0 Å². The number of hydrogen-bond donors (Lipinski definition) is 0. The predicted octanol–water partition coefficient (Wildman–Crippen LogP) is 5.51. The van der Waals surface area contributed by atoms with E-state index in [4.69, 9.17) is 0 Å². The van der Waals surface area contributed by atoms with E-state index in [1.165, 1.54) is 35.4 Å². The van der Waals surface area contributed by atoms with Gasteiger partial charge in [0.05, 0.1) is 0 Å². The Bertz CT molecular complexity index is 1110. The number of allylic oxidation sites excluding steroid dienone is 3. The minimum Gasteiger partial charge on any atom is -0.340 e. The zero-order chi connectivity index (χ0) is 20.7. The molecular weight excluding hydrogens is 370 g/mol. The zero-order valence-corrected chi connectivity index (χ0v) is 17.8. The van der Waals surface area contributed by atoms with E-state index in [2.05, 4.69) is 94.0 Å². The highest BCUT2D eigenvalue weighted by molar-refractivity contribution is 5.77. The topological polar surface area (TPSA) is 46.8 Å². The first kappa shape index (κ1) is 18.8. The molecule has 1 aliphatic heterocycles. The maximum absolute atomic E-state index is 4.43. The minimum atomic E-state index is 0.0321. The Morgan fingerprint density at radius 3 is 2.50 bits per heavy atom. The maximum Gasteiger partial charge on any atom is 0.164 e. The van der Waals surface area contributed by atoms with Gasteiger partial charge in [0, 0.05) is 47.3 Å². The summed E-state index contributed by atoms with van der Waals surface area (Å²) in [6.07, 6.45) is 12.5. The average Bonchev–Trinajstić information content (AvgIpc) is 3.49. The standard InChI is InChI=1S/C25H27N5/c1-25(2,3)23-10-7-20(18-11-13-26-14-12-18)16-29(23)22-6-4-5-19(15-22)24-28-27-17-30(24)21-8-9-21/h4-7,10-15,17,21H,8-9,16H2,1-3H3. The van der Waals surface area contributed by atoms with Crippen LogP contribution < -0.4 is 4.90 Å². The molecule has 0 saturated heterocycles. The normalized spacial score (nSPS) is 17.0. The lowest BCUT2D eigenvalue weighted by Gasteiger charge is -2.38. The van der Waals surface area contributed by atoms with E-state index in [0.717, 1.165) is 17.9 Å². The lowest BCUT2D eigenvalue weighted by Crippen LogP contribution is -2.33. The van der Waals surface area contributed by atoms with Crippen molar-refractivity contribution in [2.75, 3.05) is 11.4 Å². The van der Waals surface area contributed by atoms with Crippen molar-refractivity contribution in [1.29, 1.82) is 0 Å². The van der Waals surface area contributed by atoms with Crippen molar-refractivity contribution in [3.8, 4) is 11.4 Å². The van der Waals surface area contributed by atoms with E-state index in [0.29, 0.717) is 6.04 Å². The molecule has 5 nitrogen and oxygen atoms in total. The first-order chi connectivity index (χ1) is 14.5. The first-order valence-corrected chi connectivity index (χ1v) is 10.6. The molecule has 0 unspecified atom stereocenters. The summed E-state index contributed by atoms with van der Waals surface area (Å²) in [5.41, 5.74) is 6.13. The Kier molecular flexibility index (Phi) is 4.54. The highest BCUT2D eigenvalue weighted by atomic mass is 15.3. The number of benzene rings is 1. The molecule has 5 heteroatoms. The van der Waals surface area contributed by atoms with Crippen molar-refractivity contribution in [2.24, 2.45) is 5.41 Å². The summed E-state index contributed by atoms with van der Waals surface area (Å²) in [6, 6.07) is 13.4. The molecule has 0 N–H and O–H groups in total. The van der Waals surface area contributed by atoms with Gasteiger partial charge >= 0.3 is 0 Å². The first-order valence-electron chi connectivity index (χ1n) is 10.6. The van der Waals surface area contributed by atoms with Crippen LogP contribution in [0.25, 0.3) is 17.0 Å². The number of aromatic nitrogens is 4. The molecule has 1 aliphatic carbocycles. The summed E-state index contributed by atoms with van der Waals surface area (Å²) in [6.45, 7) is 7.63. The maximum atomic E-state index is 4.43. The van der Waals surface area contributed by atoms with E-state index in [-0.39, 0.29) is 5.41 Å². The fraction of sp³-hybridized carbons (Fsp3) is 0.320. The molecule has 1 aromatic carbocycles. The number of nitrogens with zero attached hydrogens (tertiary/aromatic N) is 5. The highest BCUT2D eigenvalue weighted by Gasteiger charge is 2.29. The van der Waals surface area contributed by atoms with Crippen molar-refractivity contribution in [2.45, 2.75) is 39.7 Å². The number of anilines is 1. The van der Waals surface area contributed by atoms with Gasteiger partial charge in [0.2, 0.25) is 0 Å². The Hall–Kier alpha value is -3.21. The molecule has 5 rings (SSSR count). The molecule has 3 aromatic rings. The summed E-state index contributed by atoms with van der Waals surface area (Å²) in [7, 11) is 0. The third-order valence-electron chi connectivity index (χ3n) is 5.81. The Morgan fingerprint density at radius 1 is 0.967 bits per heavy atom. The predicted molar refractivity (Wildman–Crippen MR) is 121 cm³/mol. The largest absolute Gasteiger partial charge is 0.340 e. The van der Waals surface area contributed by atoms with Crippen molar-refractivity contribution in [3.63, 3.8) is 0 Å². The van der Waals surface area contributed by atoms with Crippen LogP contribution in [0, 0.1) is 5.41 Å². The summed E-state index contributed by atoms with van der Waals surface area (Å²) in [5.74, 6) is 0.961. The average molecular weight is 398 g/mol. The van der Waals surface area contributed by atoms with E-state index in [9.17, 15) is 0 Å². The molecule has 1 saturated carbocycles. The van der Waals surface area contributed by atoms with Crippen LogP contribution in [0.4, 0.5) is 5.69 Å². The van der Waals surface area contributed by atoms with Gasteiger partial charge < -0.3 is 9.47 Å². The van der Waals surface area contributed by atoms with Gasteiger partial charge in [-0.25, -0.2) is 0 Å². The molecule has 2 aliphatic rings. The van der Waals surface area contributed by atoms with E-state index >= 15 is 0 Å². The van der Waals surface area contributed by atoms with Crippen LogP contribution in [-0.2, 0) is 0 Å². The lowest BCUT2D eigenvalue weighted by atomic mass is 9.87. The van der Waals surface area contributed by atoms with Crippen LogP contribution in [0.3, 0.4) is 0 Å². The van der Waals surface area contributed by atoms with Crippen molar-refractivity contribution in [3.05, 3.63) is 78.5 Å². The molecule has 0 bridgehead atoms. The van der Waals surface area contributed by atoms with Gasteiger partial charge in [0.25, 0.3) is 0 Å². The van der Waals surface area contributed by atoms with Crippen LogP contribution in [0.1, 0.15) is 45.2 Å². The molecular formula is C25H27N5. The van der Waals surface area contributed by atoms with Crippen LogP contribution >= 0.6 is 0 Å². The van der Waals surface area contributed by atoms with E-state index < -0.39 is 0 Å². The number of hydrogen-bond acceptors (Lipinski definition) is 4. The van der Waals surface area contributed by atoms with Gasteiger partial charge in [-0.2, -0.15) is 0 Å². The molecule has 3 heterocycles. The Balaban J connectivity index is 1.54. The van der Waals surface area contributed by atoms with Crippen LogP contribution in [0.5, 0.6) is 0 Å². The Morgan fingerprint density at radius 2 is 1.77 bits per heavy atom. The SMILES string of the molecule is CC(C)(C)C1=CC=C(c2ccncc2)CN1c1cccc(-c2nncn2C2CC2)c1. The third kappa shape index (κ3) is 3.56. The molecule has 0 spiro atoms. The van der Waals surface area contributed by atoms with Gasteiger partial charge in [0.15, 0.2) is 5.82 Å². The molecule has 152 valence electrons. The van der Waals surface area contributed by atoms with Gasteiger partial charge in [0.1, 0.15) is 6.33 Å². The monoisotopic (exact) mass is 397 g/mol. The molecule has 2 aromatic heterocycles. The van der Waals surface area contributed by atoms with Gasteiger partial charge in [-0.3, -0.25) is 4.98 Å². The Labute approximate surface area is 177 Å². The van der Waals surface area contributed by atoms with Crippen LogP contribution in [0.15, 0.2) is 73.0 Å². The second-order valence-electron chi connectivity index (χ2n) is 9.16. The van der Waals surface area contributed by atoms with E-state index in [1.807, 2.05) is 18.7 Å². The van der Waals surface area contributed by atoms with Gasteiger partial charge in [-0.15, -0.1) is 10.2 Å². The second kappa shape index (κ2) is 7.24. The van der Waals surface area contributed by atoms with Crippen molar-refractivity contribution >= 4 is 11.3 Å². The minimum absolute atomic E-state index is 0.0321. The lowest BCUT2D eigenvalue weighted by molar-refractivity contribution is 0.486. The van der Waals surface area contributed by atoms with Crippen LogP contribution in [0.2, 0.25) is 0 Å². The van der Waals surface area contributed by atoms with Gasteiger partial charge in [-0.1, -0.05) is 39.0 Å². The fourth-order valence-electron chi connectivity index (χ4n) is 4.10. The summed E-state index contributed by atoms with van der Waals surface area (Å²) < 4.78 is 2.22. The second-order valence-corrected chi connectivity index (χ2v) is 9.16. The smallest absolute Gasteiger partial charge is 0.164 e. The zero-order valence-electron chi connectivity index (χ0n) is 17.8. The van der Waals surface area contributed by atoms with Crippen LogP contribution in [-0.4, -0.2) is 26.3 Å². The molecule has 0 radical (unpaired) electrons. The summed E-state index contributed by atoms with van der Waals surface area (Å²) in [5, 5.41) is 8.61. The molecule has 1 fully saturated rings. The van der Waals surface area contributed by atoms with Crippen molar-refractivity contribution in [1.82, 2.24) is 19.7 Å². The molecule has 30 heavy (non-hydrogen) atoms. The quantitative estimate of drug-likeness (QED) is 0.582. The molecule has 0 amide bonds. The van der Waals surface area contributed by atoms with Crippen molar-refractivity contribution < 1.29 is 0 Å². The third-order valence-corrected chi connectivity index (χ3v) is 5.81. The number of pyridine rings is 1. The fourth-order valence-corrected chi connectivity index (χ4v) is 4.10. The summed E-state index contributed by atoms with van der Waals surface area (Å²) in [4.78, 5) is 6.60. The highest BCUT2D eigenvalue weighted by Crippen LogP contribution is 2.40.